The van der Waals surface area contributed by atoms with Gasteiger partial charge in [0.05, 0.1) is 28.8 Å². The van der Waals surface area contributed by atoms with Crippen LogP contribution >= 0.6 is 11.6 Å². The van der Waals surface area contributed by atoms with E-state index >= 15 is 0 Å². The number of halogens is 2. The number of hydrogen-bond acceptors (Lipinski definition) is 5. The highest BCUT2D eigenvalue weighted by atomic mass is 35.5. The number of imide groups is 1. The Balaban J connectivity index is 1.77. The average Bonchev–Trinajstić information content (AvgIpc) is 2.77. The van der Waals surface area contributed by atoms with Gasteiger partial charge in [0.25, 0.3) is 11.8 Å². The van der Waals surface area contributed by atoms with Gasteiger partial charge < -0.3 is 4.84 Å². The highest BCUT2D eigenvalue weighted by Gasteiger charge is 2.38. The molecule has 3 rings (SSSR count). The summed E-state index contributed by atoms with van der Waals surface area (Å²) in [5.41, 5.74) is 0.153. The third-order valence-corrected chi connectivity index (χ3v) is 3.55. The summed E-state index contributed by atoms with van der Waals surface area (Å²) in [4.78, 5) is 44.3. The van der Waals surface area contributed by atoms with Crippen molar-refractivity contribution in [1.82, 2.24) is 10.0 Å². The Kier molecular flexibility index (Phi) is 3.79. The number of amides is 2. The van der Waals surface area contributed by atoms with E-state index in [1.54, 1.807) is 12.1 Å². The number of hydrogen-bond donors (Lipinski definition) is 0. The normalized spacial score (nSPS) is 13.2. The van der Waals surface area contributed by atoms with Crippen LogP contribution in [0.5, 0.6) is 0 Å². The summed E-state index contributed by atoms with van der Waals surface area (Å²) in [7, 11) is 0. The maximum absolute atomic E-state index is 13.6. The van der Waals surface area contributed by atoms with Crippen LogP contribution in [0.25, 0.3) is 0 Å². The molecule has 0 aliphatic carbocycles. The first kappa shape index (κ1) is 15.1. The van der Waals surface area contributed by atoms with Crippen molar-refractivity contribution in [1.29, 1.82) is 0 Å². The molecular weight excluding hydrogens is 327 g/mol. The second kappa shape index (κ2) is 5.77. The summed E-state index contributed by atoms with van der Waals surface area (Å²) >= 11 is 5.76. The van der Waals surface area contributed by atoms with Gasteiger partial charge in [-0.1, -0.05) is 28.8 Å². The molecule has 1 aromatic heterocycles. The number of carbonyl (C=O) groups excluding carboxylic acids is 3. The first-order valence-electron chi connectivity index (χ1n) is 6.45. The minimum atomic E-state index is -0.994. The number of pyridine rings is 1. The Morgan fingerprint density at radius 1 is 1.17 bits per heavy atom. The molecule has 23 heavy (non-hydrogen) atoms. The van der Waals surface area contributed by atoms with E-state index in [1.165, 1.54) is 18.3 Å². The van der Waals surface area contributed by atoms with E-state index < -0.39 is 30.0 Å². The molecule has 0 saturated heterocycles. The molecule has 8 heteroatoms. The predicted molar refractivity (Wildman–Crippen MR) is 75.9 cm³/mol. The van der Waals surface area contributed by atoms with E-state index in [0.29, 0.717) is 5.06 Å². The van der Waals surface area contributed by atoms with Gasteiger partial charge in [0.2, 0.25) is 0 Å². The van der Waals surface area contributed by atoms with Crippen molar-refractivity contribution in [3.8, 4) is 0 Å². The van der Waals surface area contributed by atoms with E-state index in [9.17, 15) is 18.8 Å². The van der Waals surface area contributed by atoms with Crippen LogP contribution in [0.3, 0.4) is 0 Å². The topological polar surface area (TPSA) is 76.6 Å². The second-order valence-electron chi connectivity index (χ2n) is 4.67. The molecular formula is C15H8ClFN2O4. The molecule has 0 fully saturated rings. The van der Waals surface area contributed by atoms with Crippen LogP contribution < -0.4 is 0 Å². The minimum Gasteiger partial charge on any atom is -0.329 e. The summed E-state index contributed by atoms with van der Waals surface area (Å²) in [6.07, 6.45) is 1.53. The number of rotatable bonds is 3. The van der Waals surface area contributed by atoms with Gasteiger partial charge in [0, 0.05) is 11.8 Å². The lowest BCUT2D eigenvalue weighted by atomic mass is 10.1. The van der Waals surface area contributed by atoms with Gasteiger partial charge in [-0.3, -0.25) is 14.6 Å². The van der Waals surface area contributed by atoms with E-state index in [4.69, 9.17) is 16.4 Å². The van der Waals surface area contributed by atoms with Gasteiger partial charge >= 0.3 is 5.97 Å². The maximum Gasteiger partial charge on any atom is 0.337 e. The lowest BCUT2D eigenvalue weighted by Gasteiger charge is -2.13. The third-order valence-electron chi connectivity index (χ3n) is 3.22. The number of benzene rings is 1. The molecule has 0 atom stereocenters. The van der Waals surface area contributed by atoms with Crippen LogP contribution in [0.1, 0.15) is 26.3 Å². The molecule has 0 radical (unpaired) electrons. The monoisotopic (exact) mass is 334 g/mol. The van der Waals surface area contributed by atoms with Gasteiger partial charge in [-0.15, -0.1) is 0 Å². The minimum absolute atomic E-state index is 0.0516. The number of aromatic nitrogens is 1. The van der Waals surface area contributed by atoms with Crippen molar-refractivity contribution in [2.75, 3.05) is 0 Å². The number of carbonyl (C=O) groups is 3. The molecule has 0 N–H and O–H groups in total. The molecule has 2 heterocycles. The van der Waals surface area contributed by atoms with Crippen LogP contribution in [-0.4, -0.2) is 27.8 Å². The average molecular weight is 335 g/mol. The Morgan fingerprint density at radius 3 is 2.35 bits per heavy atom. The predicted octanol–water partition coefficient (Wildman–Crippen LogP) is 2.17. The lowest BCUT2D eigenvalue weighted by molar-refractivity contribution is -0.167. The summed E-state index contributed by atoms with van der Waals surface area (Å²) in [6.45, 7) is 0. The zero-order valence-corrected chi connectivity index (χ0v) is 12.2. The molecule has 1 aliphatic heterocycles. The third kappa shape index (κ3) is 2.66. The van der Waals surface area contributed by atoms with Gasteiger partial charge in [-0.05, 0) is 12.1 Å². The van der Waals surface area contributed by atoms with E-state index in [0.717, 1.165) is 6.20 Å². The quantitative estimate of drug-likeness (QED) is 0.804. The first-order valence-corrected chi connectivity index (χ1v) is 6.83. The van der Waals surface area contributed by atoms with E-state index in [1.807, 2.05) is 0 Å². The van der Waals surface area contributed by atoms with Gasteiger partial charge in [-0.25, -0.2) is 9.18 Å². The van der Waals surface area contributed by atoms with Crippen LogP contribution in [0, 0.1) is 5.82 Å². The molecule has 0 unspecified atom stereocenters. The zero-order chi connectivity index (χ0) is 16.6. The van der Waals surface area contributed by atoms with E-state index in [2.05, 4.69) is 4.98 Å². The Morgan fingerprint density at radius 2 is 1.78 bits per heavy atom. The fraction of sp³-hybridized carbons (Fsp3) is 0.0667. The number of nitrogens with zero attached hydrogens (tertiary/aromatic N) is 2. The molecule has 116 valence electrons. The smallest absolute Gasteiger partial charge is 0.329 e. The largest absolute Gasteiger partial charge is 0.337 e. The van der Waals surface area contributed by atoms with Crippen molar-refractivity contribution >= 4 is 29.4 Å². The van der Waals surface area contributed by atoms with Gasteiger partial charge in [0.1, 0.15) is 5.82 Å². The molecule has 0 bridgehead atoms. The van der Waals surface area contributed by atoms with Crippen LogP contribution in [0.4, 0.5) is 4.39 Å². The summed E-state index contributed by atoms with van der Waals surface area (Å²) in [6, 6.07) is 6.06. The summed E-state index contributed by atoms with van der Waals surface area (Å²) in [5, 5.41) is 0.310. The molecule has 2 amide bonds. The Hall–Kier alpha value is -2.80. The van der Waals surface area contributed by atoms with Gasteiger partial charge in [0.15, 0.2) is 0 Å². The second-order valence-corrected chi connectivity index (χ2v) is 5.08. The highest BCUT2D eigenvalue weighted by Crippen LogP contribution is 2.24. The van der Waals surface area contributed by atoms with Gasteiger partial charge in [-0.2, -0.15) is 0 Å². The Labute approximate surface area is 134 Å². The highest BCUT2D eigenvalue weighted by molar-refractivity contribution is 6.31. The van der Waals surface area contributed by atoms with Crippen molar-refractivity contribution in [2.45, 2.75) is 6.42 Å². The van der Waals surface area contributed by atoms with Crippen LogP contribution in [-0.2, 0) is 16.1 Å². The van der Waals surface area contributed by atoms with Crippen molar-refractivity contribution in [3.63, 3.8) is 0 Å². The molecule has 2 aromatic rings. The fourth-order valence-corrected chi connectivity index (χ4v) is 2.35. The fourth-order valence-electron chi connectivity index (χ4n) is 2.14. The SMILES string of the molecule is O=C(Cc1c(F)cncc1Cl)ON1C(=O)c2ccccc2C1=O. The van der Waals surface area contributed by atoms with Crippen molar-refractivity contribution in [3.05, 3.63) is 64.2 Å². The zero-order valence-electron chi connectivity index (χ0n) is 11.5. The number of fused-ring (bicyclic) bond motifs is 1. The van der Waals surface area contributed by atoms with Crippen LogP contribution in [0.2, 0.25) is 5.02 Å². The molecule has 1 aliphatic rings. The molecule has 0 saturated carbocycles. The van der Waals surface area contributed by atoms with Crippen molar-refractivity contribution in [2.24, 2.45) is 0 Å². The lowest BCUT2D eigenvalue weighted by Crippen LogP contribution is -2.33. The molecule has 1 aromatic carbocycles. The summed E-state index contributed by atoms with van der Waals surface area (Å²) < 4.78 is 13.6. The first-order chi connectivity index (χ1) is 11.0. The summed E-state index contributed by atoms with van der Waals surface area (Å²) in [5.74, 6) is -3.27. The maximum atomic E-state index is 13.6. The molecule has 0 spiro atoms. The standard InChI is InChI=1S/C15H8ClFN2O4/c16-11-6-18-7-12(17)10(11)5-13(20)23-19-14(21)8-3-1-2-4-9(8)15(19)22/h1-4,6-7H,5H2. The molecule has 6 nitrogen and oxygen atoms in total. The van der Waals surface area contributed by atoms with Crippen LogP contribution in [0.15, 0.2) is 36.7 Å². The number of hydroxylamine groups is 2. The van der Waals surface area contributed by atoms with E-state index in [-0.39, 0.29) is 21.7 Å². The Bertz CT molecular complexity index is 785. The van der Waals surface area contributed by atoms with Crippen molar-refractivity contribution < 1.29 is 23.6 Å².